The molecule has 0 bridgehead atoms. The minimum atomic E-state index is -0.174. The SMILES string of the molecule is COc1ccc(CC(=O)NC(C)(C)CCBr)cc1. The third kappa shape index (κ3) is 5.08. The average molecular weight is 314 g/mol. The second-order valence-corrected chi connectivity index (χ2v) is 5.69. The molecule has 0 atom stereocenters. The summed E-state index contributed by atoms with van der Waals surface area (Å²) >= 11 is 3.39. The first-order valence-corrected chi connectivity index (χ1v) is 7.09. The van der Waals surface area contributed by atoms with Crippen molar-refractivity contribution in [3.05, 3.63) is 29.8 Å². The number of alkyl halides is 1. The zero-order valence-corrected chi connectivity index (χ0v) is 12.7. The standard InChI is InChI=1S/C14H20BrNO2/c1-14(2,8-9-15)16-13(17)10-11-4-6-12(18-3)7-5-11/h4-7H,8-10H2,1-3H3,(H,16,17). The molecule has 100 valence electrons. The van der Waals surface area contributed by atoms with Crippen LogP contribution >= 0.6 is 15.9 Å². The summed E-state index contributed by atoms with van der Waals surface area (Å²) in [5.41, 5.74) is 0.815. The topological polar surface area (TPSA) is 38.3 Å². The lowest BCUT2D eigenvalue weighted by atomic mass is 10.0. The molecule has 0 saturated heterocycles. The number of benzene rings is 1. The molecule has 0 heterocycles. The van der Waals surface area contributed by atoms with Crippen LogP contribution in [0.15, 0.2) is 24.3 Å². The maximum Gasteiger partial charge on any atom is 0.224 e. The molecule has 1 rings (SSSR count). The number of carbonyl (C=O) groups is 1. The average Bonchev–Trinajstić information content (AvgIpc) is 2.28. The van der Waals surface area contributed by atoms with Crippen molar-refractivity contribution >= 4 is 21.8 Å². The molecule has 3 nitrogen and oxygen atoms in total. The maximum atomic E-state index is 11.9. The van der Waals surface area contributed by atoms with E-state index in [2.05, 4.69) is 21.2 Å². The highest BCUT2D eigenvalue weighted by molar-refractivity contribution is 9.09. The second-order valence-electron chi connectivity index (χ2n) is 4.90. The van der Waals surface area contributed by atoms with Gasteiger partial charge in [0.25, 0.3) is 0 Å². The van der Waals surface area contributed by atoms with Gasteiger partial charge in [-0.3, -0.25) is 4.79 Å². The first-order chi connectivity index (χ1) is 8.46. The molecule has 0 spiro atoms. The molecule has 0 saturated carbocycles. The maximum absolute atomic E-state index is 11.9. The van der Waals surface area contributed by atoms with E-state index in [1.165, 1.54) is 0 Å². The van der Waals surface area contributed by atoms with Crippen molar-refractivity contribution in [2.24, 2.45) is 0 Å². The molecule has 0 aliphatic heterocycles. The van der Waals surface area contributed by atoms with E-state index in [1.54, 1.807) is 7.11 Å². The molecule has 18 heavy (non-hydrogen) atoms. The largest absolute Gasteiger partial charge is 0.497 e. The van der Waals surface area contributed by atoms with E-state index < -0.39 is 0 Å². The van der Waals surface area contributed by atoms with Crippen molar-refractivity contribution in [2.75, 3.05) is 12.4 Å². The quantitative estimate of drug-likeness (QED) is 0.820. The van der Waals surface area contributed by atoms with Crippen LogP contribution in [0.2, 0.25) is 0 Å². The van der Waals surface area contributed by atoms with Crippen LogP contribution in [0.1, 0.15) is 25.8 Å². The van der Waals surface area contributed by atoms with Crippen molar-refractivity contribution in [3.8, 4) is 5.75 Å². The van der Waals surface area contributed by atoms with Gasteiger partial charge in [-0.1, -0.05) is 28.1 Å². The van der Waals surface area contributed by atoms with Gasteiger partial charge in [-0.2, -0.15) is 0 Å². The monoisotopic (exact) mass is 313 g/mol. The smallest absolute Gasteiger partial charge is 0.224 e. The summed E-state index contributed by atoms with van der Waals surface area (Å²) < 4.78 is 5.08. The highest BCUT2D eigenvalue weighted by atomic mass is 79.9. The van der Waals surface area contributed by atoms with Crippen LogP contribution in [0, 0.1) is 0 Å². The Morgan fingerprint density at radius 3 is 2.44 bits per heavy atom. The molecule has 0 fully saturated rings. The van der Waals surface area contributed by atoms with Crippen LogP contribution in [-0.2, 0) is 11.2 Å². The van der Waals surface area contributed by atoms with Crippen molar-refractivity contribution in [1.82, 2.24) is 5.32 Å². The molecular weight excluding hydrogens is 294 g/mol. The van der Waals surface area contributed by atoms with Crippen LogP contribution in [-0.4, -0.2) is 23.9 Å². The molecule has 0 unspecified atom stereocenters. The van der Waals surface area contributed by atoms with Gasteiger partial charge in [0.2, 0.25) is 5.91 Å². The highest BCUT2D eigenvalue weighted by Gasteiger charge is 2.19. The van der Waals surface area contributed by atoms with Crippen LogP contribution in [0.25, 0.3) is 0 Å². The summed E-state index contributed by atoms with van der Waals surface area (Å²) in [6.45, 7) is 4.06. The van der Waals surface area contributed by atoms with Crippen molar-refractivity contribution in [1.29, 1.82) is 0 Å². The van der Waals surface area contributed by atoms with Crippen LogP contribution < -0.4 is 10.1 Å². The minimum Gasteiger partial charge on any atom is -0.497 e. The fourth-order valence-electron chi connectivity index (χ4n) is 1.65. The number of hydrogen-bond donors (Lipinski definition) is 1. The number of nitrogens with one attached hydrogen (secondary N) is 1. The molecule has 4 heteroatoms. The number of rotatable bonds is 6. The summed E-state index contributed by atoms with van der Waals surface area (Å²) in [4.78, 5) is 11.9. The van der Waals surface area contributed by atoms with Gasteiger partial charge >= 0.3 is 0 Å². The number of methoxy groups -OCH3 is 1. The lowest BCUT2D eigenvalue weighted by Crippen LogP contribution is -2.44. The predicted octanol–water partition coefficient (Wildman–Crippen LogP) is 2.92. The van der Waals surface area contributed by atoms with Gasteiger partial charge in [0, 0.05) is 10.9 Å². The molecule has 1 aromatic carbocycles. The number of ether oxygens (including phenoxy) is 1. The van der Waals surface area contributed by atoms with Crippen molar-refractivity contribution in [2.45, 2.75) is 32.2 Å². The molecule has 1 aromatic rings. The van der Waals surface area contributed by atoms with Gasteiger partial charge in [0.05, 0.1) is 13.5 Å². The van der Waals surface area contributed by atoms with E-state index >= 15 is 0 Å². The van der Waals surface area contributed by atoms with E-state index in [4.69, 9.17) is 4.74 Å². The predicted molar refractivity (Wildman–Crippen MR) is 77.3 cm³/mol. The lowest BCUT2D eigenvalue weighted by Gasteiger charge is -2.25. The molecule has 0 aliphatic rings. The van der Waals surface area contributed by atoms with Crippen LogP contribution in [0.5, 0.6) is 5.75 Å². The van der Waals surface area contributed by atoms with Gasteiger partial charge in [0.1, 0.15) is 5.75 Å². The fourth-order valence-corrected chi connectivity index (χ4v) is 2.64. The Bertz CT molecular complexity index is 387. The number of hydrogen-bond acceptors (Lipinski definition) is 2. The fraction of sp³-hybridized carbons (Fsp3) is 0.500. The molecule has 0 aliphatic carbocycles. The Labute approximate surface area is 117 Å². The van der Waals surface area contributed by atoms with E-state index in [0.29, 0.717) is 6.42 Å². The van der Waals surface area contributed by atoms with E-state index in [9.17, 15) is 4.79 Å². The number of halogens is 1. The first-order valence-electron chi connectivity index (χ1n) is 5.97. The Kier molecular flexibility index (Phi) is 5.66. The van der Waals surface area contributed by atoms with Crippen LogP contribution in [0.4, 0.5) is 0 Å². The summed E-state index contributed by atoms with van der Waals surface area (Å²) in [5, 5.41) is 3.91. The Balaban J connectivity index is 2.53. The third-order valence-corrected chi connectivity index (χ3v) is 3.12. The zero-order valence-electron chi connectivity index (χ0n) is 11.1. The summed E-state index contributed by atoms with van der Waals surface area (Å²) in [6, 6.07) is 7.56. The minimum absolute atomic E-state index is 0.0473. The van der Waals surface area contributed by atoms with Gasteiger partial charge < -0.3 is 10.1 Å². The number of carbonyl (C=O) groups excluding carboxylic acids is 1. The highest BCUT2D eigenvalue weighted by Crippen LogP contribution is 2.13. The summed E-state index contributed by atoms with van der Waals surface area (Å²) in [6.07, 6.45) is 1.30. The molecule has 0 radical (unpaired) electrons. The third-order valence-electron chi connectivity index (χ3n) is 2.72. The first kappa shape index (κ1) is 15.0. The van der Waals surface area contributed by atoms with Crippen molar-refractivity contribution in [3.63, 3.8) is 0 Å². The van der Waals surface area contributed by atoms with Gasteiger partial charge in [-0.25, -0.2) is 0 Å². The second kappa shape index (κ2) is 6.78. The van der Waals surface area contributed by atoms with Crippen LogP contribution in [0.3, 0.4) is 0 Å². The Morgan fingerprint density at radius 2 is 1.94 bits per heavy atom. The zero-order chi connectivity index (χ0) is 13.6. The van der Waals surface area contributed by atoms with Gasteiger partial charge in [0.15, 0.2) is 0 Å². The molecule has 1 N–H and O–H groups in total. The van der Waals surface area contributed by atoms with E-state index in [0.717, 1.165) is 23.1 Å². The van der Waals surface area contributed by atoms with Gasteiger partial charge in [-0.05, 0) is 38.0 Å². The molecule has 1 amide bonds. The molecular formula is C14H20BrNO2. The number of amides is 1. The normalized spacial score (nSPS) is 11.1. The summed E-state index contributed by atoms with van der Waals surface area (Å²) in [5.74, 6) is 0.852. The van der Waals surface area contributed by atoms with Gasteiger partial charge in [-0.15, -0.1) is 0 Å². The Morgan fingerprint density at radius 1 is 1.33 bits per heavy atom. The van der Waals surface area contributed by atoms with Crippen molar-refractivity contribution < 1.29 is 9.53 Å². The summed E-state index contributed by atoms with van der Waals surface area (Å²) in [7, 11) is 1.63. The Hall–Kier alpha value is -1.03. The van der Waals surface area contributed by atoms with E-state index in [-0.39, 0.29) is 11.4 Å². The van der Waals surface area contributed by atoms with E-state index in [1.807, 2.05) is 38.1 Å². The lowest BCUT2D eigenvalue weighted by molar-refractivity contribution is -0.122. The molecule has 0 aromatic heterocycles.